The molecule has 6 nitrogen and oxygen atoms in total. The predicted molar refractivity (Wildman–Crippen MR) is 69.7 cm³/mol. The minimum Gasteiger partial charge on any atom is -0.396 e. The summed E-state index contributed by atoms with van der Waals surface area (Å²) < 4.78 is 27.1. The quantitative estimate of drug-likeness (QED) is 0.803. The molecule has 0 aliphatic rings. The molecule has 0 amide bonds. The molecule has 7 heteroatoms. The predicted octanol–water partition coefficient (Wildman–Crippen LogP) is 0.783. The van der Waals surface area contributed by atoms with Crippen molar-refractivity contribution in [1.29, 1.82) is 5.26 Å². The van der Waals surface area contributed by atoms with Crippen LogP contribution in [0.3, 0.4) is 0 Å². The van der Waals surface area contributed by atoms with Crippen LogP contribution in [0, 0.1) is 11.3 Å². The third-order valence-electron chi connectivity index (χ3n) is 2.99. The van der Waals surface area contributed by atoms with Gasteiger partial charge in [0.1, 0.15) is 11.0 Å². The molecular weight excluding hydrogens is 266 g/mol. The van der Waals surface area contributed by atoms with Gasteiger partial charge in [-0.2, -0.15) is 5.26 Å². The largest absolute Gasteiger partial charge is 0.396 e. The Hall–Kier alpha value is -1.49. The second-order valence-electron chi connectivity index (χ2n) is 4.46. The van der Waals surface area contributed by atoms with E-state index in [4.69, 9.17) is 10.4 Å². The van der Waals surface area contributed by atoms with E-state index in [0.717, 1.165) is 0 Å². The van der Waals surface area contributed by atoms with Crippen LogP contribution in [0.1, 0.15) is 32.4 Å². The Kier molecular flexibility index (Phi) is 5.00. The van der Waals surface area contributed by atoms with Crippen molar-refractivity contribution < 1.29 is 13.5 Å². The summed E-state index contributed by atoms with van der Waals surface area (Å²) in [6.45, 7) is 3.42. The van der Waals surface area contributed by atoms with E-state index in [-0.39, 0.29) is 17.2 Å². The highest BCUT2D eigenvalue weighted by Gasteiger charge is 2.30. The summed E-state index contributed by atoms with van der Waals surface area (Å²) in [5.41, 5.74) is -0.895. The lowest BCUT2D eigenvalue weighted by Crippen LogP contribution is -2.46. The van der Waals surface area contributed by atoms with Gasteiger partial charge in [-0.15, -0.1) is 0 Å². The first-order valence-corrected chi connectivity index (χ1v) is 7.37. The molecule has 0 aromatic carbocycles. The highest BCUT2D eigenvalue weighted by molar-refractivity contribution is 7.89. The molecule has 0 saturated heterocycles. The first-order chi connectivity index (χ1) is 8.88. The first kappa shape index (κ1) is 15.6. The van der Waals surface area contributed by atoms with Crippen LogP contribution < -0.4 is 4.72 Å². The van der Waals surface area contributed by atoms with Crippen LogP contribution in [-0.4, -0.2) is 30.7 Å². The van der Waals surface area contributed by atoms with Crippen molar-refractivity contribution in [1.82, 2.24) is 9.71 Å². The van der Waals surface area contributed by atoms with Gasteiger partial charge in [0.25, 0.3) is 0 Å². The Balaban J connectivity index is 3.15. The molecule has 1 atom stereocenters. The third kappa shape index (κ3) is 3.73. The summed E-state index contributed by atoms with van der Waals surface area (Å²) in [5, 5.41) is 17.9. The average Bonchev–Trinajstić information content (AvgIpc) is 2.38. The third-order valence-corrected chi connectivity index (χ3v) is 4.66. The van der Waals surface area contributed by atoms with Crippen LogP contribution in [0.15, 0.2) is 23.2 Å². The number of aromatic nitrogens is 1. The van der Waals surface area contributed by atoms with Crippen LogP contribution in [0.25, 0.3) is 0 Å². The normalized spacial score (nSPS) is 14.6. The van der Waals surface area contributed by atoms with E-state index in [9.17, 15) is 8.42 Å². The number of hydrogen-bond acceptors (Lipinski definition) is 5. The fourth-order valence-corrected chi connectivity index (χ4v) is 3.23. The maximum atomic E-state index is 12.3. The molecule has 0 bridgehead atoms. The van der Waals surface area contributed by atoms with E-state index in [0.29, 0.717) is 12.8 Å². The average molecular weight is 283 g/mol. The lowest BCUT2D eigenvalue weighted by molar-refractivity contribution is 0.233. The number of nitriles is 1. The molecule has 0 saturated carbocycles. The van der Waals surface area contributed by atoms with Crippen LogP contribution in [0.5, 0.6) is 0 Å². The highest BCUT2D eigenvalue weighted by atomic mass is 32.2. The molecule has 1 aromatic rings. The minimum absolute atomic E-state index is 0.120. The highest BCUT2D eigenvalue weighted by Crippen LogP contribution is 2.20. The molecule has 1 rings (SSSR count). The van der Waals surface area contributed by atoms with E-state index in [2.05, 4.69) is 9.71 Å². The second-order valence-corrected chi connectivity index (χ2v) is 6.11. The summed E-state index contributed by atoms with van der Waals surface area (Å²) in [7, 11) is -3.84. The molecule has 1 unspecified atom stereocenters. The fourth-order valence-electron chi connectivity index (χ4n) is 1.62. The maximum Gasteiger partial charge on any atom is 0.243 e. The van der Waals surface area contributed by atoms with Gasteiger partial charge in [-0.1, -0.05) is 6.92 Å². The van der Waals surface area contributed by atoms with E-state index >= 15 is 0 Å². The molecule has 1 heterocycles. The summed E-state index contributed by atoms with van der Waals surface area (Å²) >= 11 is 0. The number of pyridine rings is 1. The van der Waals surface area contributed by atoms with Crippen molar-refractivity contribution in [3.8, 4) is 6.07 Å². The van der Waals surface area contributed by atoms with Gasteiger partial charge in [-0.05, 0) is 31.9 Å². The number of aliphatic hydroxyl groups is 1. The van der Waals surface area contributed by atoms with Crippen LogP contribution in [0.2, 0.25) is 0 Å². The van der Waals surface area contributed by atoms with Crippen molar-refractivity contribution in [2.75, 3.05) is 6.61 Å². The molecule has 0 aliphatic carbocycles. The lowest BCUT2D eigenvalue weighted by Gasteiger charge is -2.28. The number of hydrogen-bond donors (Lipinski definition) is 2. The van der Waals surface area contributed by atoms with Crippen LogP contribution >= 0.6 is 0 Å². The zero-order chi connectivity index (χ0) is 14.5. The summed E-state index contributed by atoms with van der Waals surface area (Å²) in [6, 6.07) is 4.56. The van der Waals surface area contributed by atoms with Gasteiger partial charge in [0.2, 0.25) is 10.0 Å². The van der Waals surface area contributed by atoms with E-state index in [1.54, 1.807) is 13.0 Å². The summed E-state index contributed by atoms with van der Waals surface area (Å²) in [6.07, 6.45) is 2.18. The number of sulfonamides is 1. The van der Waals surface area contributed by atoms with E-state index in [1.165, 1.54) is 18.3 Å². The summed E-state index contributed by atoms with van der Waals surface area (Å²) in [5.74, 6) is 0. The second kappa shape index (κ2) is 6.10. The maximum absolute atomic E-state index is 12.3. The topological polar surface area (TPSA) is 103 Å². The minimum atomic E-state index is -3.84. The van der Waals surface area contributed by atoms with Gasteiger partial charge >= 0.3 is 0 Å². The van der Waals surface area contributed by atoms with Gasteiger partial charge in [0, 0.05) is 18.3 Å². The summed E-state index contributed by atoms with van der Waals surface area (Å²) in [4.78, 5) is 3.59. The molecular formula is C12H17N3O3S. The molecule has 2 N–H and O–H groups in total. The van der Waals surface area contributed by atoms with Gasteiger partial charge < -0.3 is 5.11 Å². The monoisotopic (exact) mass is 283 g/mol. The van der Waals surface area contributed by atoms with Gasteiger partial charge in [0.15, 0.2) is 5.69 Å². The molecule has 1 aromatic heterocycles. The van der Waals surface area contributed by atoms with Crippen LogP contribution in [0.4, 0.5) is 0 Å². The SMILES string of the molecule is CCC(C)(CCO)NS(=O)(=O)c1cccnc1C#N. The van der Waals surface area contributed by atoms with Crippen molar-refractivity contribution in [2.45, 2.75) is 37.1 Å². The van der Waals surface area contributed by atoms with Crippen molar-refractivity contribution >= 4 is 10.0 Å². The molecule has 0 fully saturated rings. The zero-order valence-corrected chi connectivity index (χ0v) is 11.7. The Morgan fingerprint density at radius 3 is 2.79 bits per heavy atom. The molecule has 19 heavy (non-hydrogen) atoms. The lowest BCUT2D eigenvalue weighted by atomic mass is 9.97. The number of aliphatic hydroxyl groups excluding tert-OH is 1. The number of rotatable bonds is 6. The van der Waals surface area contributed by atoms with Gasteiger partial charge in [-0.3, -0.25) is 0 Å². The molecule has 104 valence electrons. The van der Waals surface area contributed by atoms with Gasteiger partial charge in [-0.25, -0.2) is 18.1 Å². The van der Waals surface area contributed by atoms with Crippen LogP contribution in [-0.2, 0) is 10.0 Å². The Bertz CT molecular complexity index is 580. The van der Waals surface area contributed by atoms with Gasteiger partial charge in [0.05, 0.1) is 0 Å². The number of nitrogens with one attached hydrogen (secondary N) is 1. The van der Waals surface area contributed by atoms with Crippen molar-refractivity contribution in [2.24, 2.45) is 0 Å². The fraction of sp³-hybridized carbons (Fsp3) is 0.500. The Morgan fingerprint density at radius 1 is 1.58 bits per heavy atom. The van der Waals surface area contributed by atoms with E-state index < -0.39 is 15.6 Å². The number of nitrogens with zero attached hydrogens (tertiary/aromatic N) is 2. The van der Waals surface area contributed by atoms with Crippen molar-refractivity contribution in [3.05, 3.63) is 24.0 Å². The first-order valence-electron chi connectivity index (χ1n) is 5.88. The smallest absolute Gasteiger partial charge is 0.243 e. The van der Waals surface area contributed by atoms with E-state index in [1.807, 2.05) is 6.92 Å². The van der Waals surface area contributed by atoms with Crippen molar-refractivity contribution in [3.63, 3.8) is 0 Å². The molecule has 0 radical (unpaired) electrons. The standard InChI is InChI=1S/C12H17N3O3S/c1-3-12(2,6-8-16)15-19(17,18)11-5-4-7-14-10(11)9-13/h4-5,7,15-16H,3,6,8H2,1-2H3. The Labute approximate surface area is 113 Å². The molecule has 0 aliphatic heterocycles. The zero-order valence-electron chi connectivity index (χ0n) is 10.9. The Morgan fingerprint density at radius 2 is 2.26 bits per heavy atom. The molecule has 0 spiro atoms.